The maximum absolute atomic E-state index is 11.9. The summed E-state index contributed by atoms with van der Waals surface area (Å²) in [5.41, 5.74) is -0.804. The number of hydrogen-bond acceptors (Lipinski definition) is 3. The summed E-state index contributed by atoms with van der Waals surface area (Å²) in [6.07, 6.45) is -0.704. The van der Waals surface area contributed by atoms with Gasteiger partial charge in [0.25, 0.3) is 0 Å². The molecule has 0 unspecified atom stereocenters. The first kappa shape index (κ1) is 26.9. The van der Waals surface area contributed by atoms with Crippen LogP contribution in [0.2, 0.25) is 0 Å². The average molecular weight is 483 g/mol. The van der Waals surface area contributed by atoms with E-state index in [1.54, 1.807) is 0 Å². The van der Waals surface area contributed by atoms with Crippen LogP contribution in [0.4, 0.5) is 13.2 Å². The Bertz CT molecular complexity index is 350. The van der Waals surface area contributed by atoms with Crippen LogP contribution in [0.3, 0.4) is 0 Å². The van der Waals surface area contributed by atoms with Crippen molar-refractivity contribution in [3.05, 3.63) is 0 Å². The number of nitrogens with one attached hydrogen (secondary N) is 2. The second kappa shape index (κ2) is 14.8. The van der Waals surface area contributed by atoms with Gasteiger partial charge >= 0.3 is 6.18 Å². The van der Waals surface area contributed by atoms with Crippen molar-refractivity contribution in [2.75, 3.05) is 32.8 Å². The zero-order chi connectivity index (χ0) is 18.5. The third-order valence-electron chi connectivity index (χ3n) is 3.33. The highest BCUT2D eigenvalue weighted by atomic mass is 127. The van der Waals surface area contributed by atoms with Gasteiger partial charge in [-0.05, 0) is 26.2 Å². The van der Waals surface area contributed by atoms with Gasteiger partial charge in [-0.3, -0.25) is 4.99 Å². The van der Waals surface area contributed by atoms with E-state index in [1.165, 1.54) is 0 Å². The van der Waals surface area contributed by atoms with E-state index >= 15 is 0 Å². The van der Waals surface area contributed by atoms with E-state index in [-0.39, 0.29) is 30.6 Å². The van der Waals surface area contributed by atoms with Gasteiger partial charge in [-0.15, -0.1) is 24.0 Å². The zero-order valence-corrected chi connectivity index (χ0v) is 17.7. The lowest BCUT2D eigenvalue weighted by Gasteiger charge is -2.26. The maximum atomic E-state index is 11.9. The molecule has 25 heavy (non-hydrogen) atoms. The predicted molar refractivity (Wildman–Crippen MR) is 106 cm³/mol. The third-order valence-corrected chi connectivity index (χ3v) is 3.33. The molecule has 0 bridgehead atoms. The summed E-state index contributed by atoms with van der Waals surface area (Å²) in [6, 6.07) is 0. The van der Waals surface area contributed by atoms with Crippen molar-refractivity contribution in [2.45, 2.75) is 64.7 Å². The van der Waals surface area contributed by atoms with Crippen LogP contribution in [0, 0.1) is 0 Å². The largest absolute Gasteiger partial charge is 0.411 e. The van der Waals surface area contributed by atoms with Crippen molar-refractivity contribution < 1.29 is 23.0 Å². The topological polar surface area (TPSA) is 65.9 Å². The molecule has 0 heterocycles. The molecule has 0 aromatic carbocycles. The maximum Gasteiger partial charge on any atom is 0.411 e. The SMILES string of the molecule is CCCC(O)(CCC)CN=C(NCC)NCCCOCC(F)(F)F.I. The van der Waals surface area contributed by atoms with Crippen molar-refractivity contribution >= 4 is 29.9 Å². The fourth-order valence-electron chi connectivity index (χ4n) is 2.35. The summed E-state index contributed by atoms with van der Waals surface area (Å²) >= 11 is 0. The van der Waals surface area contributed by atoms with Crippen LogP contribution >= 0.6 is 24.0 Å². The zero-order valence-electron chi connectivity index (χ0n) is 15.4. The molecule has 0 aromatic rings. The summed E-state index contributed by atoms with van der Waals surface area (Å²) < 4.78 is 40.4. The van der Waals surface area contributed by atoms with Crippen molar-refractivity contribution in [3.63, 3.8) is 0 Å². The molecule has 3 N–H and O–H groups in total. The predicted octanol–water partition coefficient (Wildman–Crippen LogP) is 3.46. The first-order valence-electron chi connectivity index (χ1n) is 8.65. The van der Waals surface area contributed by atoms with Gasteiger partial charge < -0.3 is 20.5 Å². The Kier molecular flexibility index (Phi) is 16.0. The van der Waals surface area contributed by atoms with E-state index in [0.29, 0.717) is 44.9 Å². The fraction of sp³-hybridized carbons (Fsp3) is 0.938. The Balaban J connectivity index is 0. The van der Waals surface area contributed by atoms with Crippen LogP contribution in [0.1, 0.15) is 52.9 Å². The highest BCUT2D eigenvalue weighted by Gasteiger charge is 2.27. The Morgan fingerprint density at radius 1 is 1.08 bits per heavy atom. The monoisotopic (exact) mass is 483 g/mol. The van der Waals surface area contributed by atoms with Crippen LogP contribution in [-0.4, -0.2) is 55.7 Å². The number of nitrogens with zero attached hydrogens (tertiary/aromatic N) is 1. The number of ether oxygens (including phenoxy) is 1. The van der Waals surface area contributed by atoms with Gasteiger partial charge in [0.05, 0.1) is 12.1 Å². The minimum absolute atomic E-state index is 0. The Morgan fingerprint density at radius 3 is 2.16 bits per heavy atom. The van der Waals surface area contributed by atoms with E-state index in [2.05, 4.69) is 20.4 Å². The van der Waals surface area contributed by atoms with Gasteiger partial charge in [-0.2, -0.15) is 13.2 Å². The summed E-state index contributed by atoms with van der Waals surface area (Å²) in [5, 5.41) is 16.7. The molecule has 0 saturated heterocycles. The van der Waals surface area contributed by atoms with Crippen molar-refractivity contribution in [1.29, 1.82) is 0 Å². The molecule has 0 aromatic heterocycles. The number of alkyl halides is 3. The Hall–Kier alpha value is -0.290. The molecule has 0 atom stereocenters. The van der Waals surface area contributed by atoms with Crippen molar-refractivity contribution in [2.24, 2.45) is 4.99 Å². The number of guanidine groups is 1. The van der Waals surface area contributed by atoms with E-state index in [0.717, 1.165) is 12.8 Å². The Labute approximate surface area is 166 Å². The number of aliphatic imine (C=N–C) groups is 1. The molecule has 152 valence electrons. The van der Waals surface area contributed by atoms with Crippen LogP contribution < -0.4 is 10.6 Å². The summed E-state index contributed by atoms with van der Waals surface area (Å²) in [5.74, 6) is 0.555. The molecule has 0 rings (SSSR count). The first-order valence-corrected chi connectivity index (χ1v) is 8.65. The quantitative estimate of drug-likeness (QED) is 0.172. The highest BCUT2D eigenvalue weighted by molar-refractivity contribution is 14.0. The molecule has 0 fully saturated rings. The Morgan fingerprint density at radius 2 is 1.68 bits per heavy atom. The van der Waals surface area contributed by atoms with Gasteiger partial charge in [0, 0.05) is 19.7 Å². The molecular weight excluding hydrogens is 450 g/mol. The lowest BCUT2D eigenvalue weighted by molar-refractivity contribution is -0.173. The van der Waals surface area contributed by atoms with Gasteiger partial charge in [0.15, 0.2) is 5.96 Å². The van der Waals surface area contributed by atoms with Gasteiger partial charge in [0.1, 0.15) is 6.61 Å². The third kappa shape index (κ3) is 15.7. The standard InChI is InChI=1S/C16H32F3N3O2.HI/c1-4-8-15(23,9-5-2)12-22-14(20-6-3)21-10-7-11-24-13-16(17,18)19;/h23H,4-13H2,1-3H3,(H2,20,21,22);1H. The molecular formula is C16H33F3IN3O2. The van der Waals surface area contributed by atoms with E-state index in [9.17, 15) is 18.3 Å². The minimum Gasteiger partial charge on any atom is -0.388 e. The smallest absolute Gasteiger partial charge is 0.388 e. The molecule has 0 aliphatic carbocycles. The van der Waals surface area contributed by atoms with E-state index in [1.807, 2.05) is 20.8 Å². The lowest BCUT2D eigenvalue weighted by Crippen LogP contribution is -2.40. The summed E-state index contributed by atoms with van der Waals surface area (Å²) in [6.45, 7) is 6.19. The average Bonchev–Trinajstić information content (AvgIpc) is 2.47. The number of rotatable bonds is 12. The van der Waals surface area contributed by atoms with Crippen molar-refractivity contribution in [1.82, 2.24) is 10.6 Å². The summed E-state index contributed by atoms with van der Waals surface area (Å²) in [4.78, 5) is 4.40. The number of aliphatic hydroxyl groups is 1. The van der Waals surface area contributed by atoms with Crippen LogP contribution in [-0.2, 0) is 4.74 Å². The summed E-state index contributed by atoms with van der Waals surface area (Å²) in [7, 11) is 0. The second-order valence-corrected chi connectivity index (χ2v) is 5.87. The van der Waals surface area contributed by atoms with Crippen LogP contribution in [0.15, 0.2) is 4.99 Å². The minimum atomic E-state index is -4.28. The van der Waals surface area contributed by atoms with Gasteiger partial charge in [-0.1, -0.05) is 26.7 Å². The van der Waals surface area contributed by atoms with Gasteiger partial charge in [-0.25, -0.2) is 0 Å². The van der Waals surface area contributed by atoms with E-state index in [4.69, 9.17) is 0 Å². The molecule has 0 spiro atoms. The van der Waals surface area contributed by atoms with Crippen molar-refractivity contribution in [3.8, 4) is 0 Å². The van der Waals surface area contributed by atoms with E-state index < -0.39 is 18.4 Å². The number of hydrogen-bond donors (Lipinski definition) is 3. The first-order chi connectivity index (χ1) is 11.3. The molecule has 9 heteroatoms. The molecule has 0 saturated carbocycles. The second-order valence-electron chi connectivity index (χ2n) is 5.87. The fourth-order valence-corrected chi connectivity index (χ4v) is 2.35. The van der Waals surface area contributed by atoms with Crippen LogP contribution in [0.25, 0.3) is 0 Å². The molecule has 0 aliphatic rings. The molecule has 0 radical (unpaired) electrons. The normalized spacial score (nSPS) is 12.7. The lowest BCUT2D eigenvalue weighted by atomic mass is 9.93. The van der Waals surface area contributed by atoms with Crippen LogP contribution in [0.5, 0.6) is 0 Å². The molecule has 0 aliphatic heterocycles. The highest BCUT2D eigenvalue weighted by Crippen LogP contribution is 2.19. The van der Waals surface area contributed by atoms with Gasteiger partial charge in [0.2, 0.25) is 0 Å². The number of halogens is 4. The molecule has 0 amide bonds. The molecule has 5 nitrogen and oxygen atoms in total.